The summed E-state index contributed by atoms with van der Waals surface area (Å²) in [4.78, 5) is 4.25. The third kappa shape index (κ3) is 2.44. The minimum absolute atomic E-state index is 0.282. The first-order valence-electron chi connectivity index (χ1n) is 5.67. The van der Waals surface area contributed by atoms with Gasteiger partial charge >= 0.3 is 0 Å². The summed E-state index contributed by atoms with van der Waals surface area (Å²) in [6, 6.07) is 10.5. The molecule has 0 saturated carbocycles. The highest BCUT2D eigenvalue weighted by Gasteiger charge is 2.17. The molecule has 102 valence electrons. The van der Waals surface area contributed by atoms with Crippen LogP contribution in [0.3, 0.4) is 0 Å². The van der Waals surface area contributed by atoms with Crippen LogP contribution in [0.25, 0.3) is 10.9 Å². The molecule has 2 aromatic heterocycles. The molecule has 0 aliphatic rings. The normalized spacial score (nSPS) is 11.7. The average molecular weight is 369 g/mol. The zero-order valence-electron chi connectivity index (χ0n) is 10.1. The van der Waals surface area contributed by atoms with Gasteiger partial charge in [0.2, 0.25) is 0 Å². The first-order valence-corrected chi connectivity index (χ1v) is 8.83. The van der Waals surface area contributed by atoms with Crippen molar-refractivity contribution in [1.82, 2.24) is 4.98 Å². The number of hydrogen-bond acceptors (Lipinski definition) is 4. The van der Waals surface area contributed by atoms with Gasteiger partial charge in [0, 0.05) is 16.1 Å². The molecule has 0 atom stereocenters. The van der Waals surface area contributed by atoms with Crippen LogP contribution >= 0.6 is 27.3 Å². The van der Waals surface area contributed by atoms with E-state index in [1.165, 1.54) is 11.3 Å². The Morgan fingerprint density at radius 3 is 2.75 bits per heavy atom. The number of benzene rings is 1. The number of anilines is 1. The molecular weight excluding hydrogens is 360 g/mol. The smallest absolute Gasteiger partial charge is 0.271 e. The third-order valence-corrected chi connectivity index (χ3v) is 6.18. The Morgan fingerprint density at radius 1 is 1.15 bits per heavy atom. The van der Waals surface area contributed by atoms with Gasteiger partial charge in [-0.1, -0.05) is 28.1 Å². The second-order valence-corrected chi connectivity index (χ2v) is 7.74. The monoisotopic (exact) mass is 368 g/mol. The van der Waals surface area contributed by atoms with Crippen molar-refractivity contribution in [3.05, 3.63) is 52.4 Å². The van der Waals surface area contributed by atoms with Gasteiger partial charge in [0.05, 0.1) is 11.2 Å². The largest absolute Gasteiger partial charge is 0.277 e. The molecule has 4 nitrogen and oxygen atoms in total. The second kappa shape index (κ2) is 5.16. The van der Waals surface area contributed by atoms with Crippen molar-refractivity contribution < 1.29 is 8.42 Å². The van der Waals surface area contributed by atoms with Crippen LogP contribution < -0.4 is 4.72 Å². The summed E-state index contributed by atoms with van der Waals surface area (Å²) >= 11 is 4.61. The summed E-state index contributed by atoms with van der Waals surface area (Å²) < 4.78 is 28.2. The highest BCUT2D eigenvalue weighted by Crippen LogP contribution is 2.30. The molecule has 0 aliphatic heterocycles. The van der Waals surface area contributed by atoms with E-state index in [0.717, 1.165) is 9.86 Å². The van der Waals surface area contributed by atoms with Gasteiger partial charge in [0.15, 0.2) is 0 Å². The van der Waals surface area contributed by atoms with Gasteiger partial charge in [-0.05, 0) is 29.6 Å². The number of halogens is 1. The highest BCUT2D eigenvalue weighted by atomic mass is 79.9. The molecule has 0 spiro atoms. The molecule has 0 aliphatic carbocycles. The molecular formula is C13H9BrN2O2S2. The van der Waals surface area contributed by atoms with Gasteiger partial charge in [-0.2, -0.15) is 0 Å². The molecule has 0 unspecified atom stereocenters. The summed E-state index contributed by atoms with van der Waals surface area (Å²) in [5, 5.41) is 2.59. The van der Waals surface area contributed by atoms with E-state index in [2.05, 4.69) is 25.6 Å². The Kier molecular flexibility index (Phi) is 3.49. The van der Waals surface area contributed by atoms with E-state index < -0.39 is 10.0 Å². The number of nitrogens with zero attached hydrogens (tertiary/aromatic N) is 1. The van der Waals surface area contributed by atoms with Crippen LogP contribution in [0.1, 0.15) is 0 Å². The minimum atomic E-state index is -3.56. The Bertz CT molecular complexity index is 861. The molecule has 0 amide bonds. The van der Waals surface area contributed by atoms with Crippen molar-refractivity contribution >= 4 is 53.9 Å². The third-order valence-electron chi connectivity index (χ3n) is 2.72. The van der Waals surface area contributed by atoms with Crippen LogP contribution in [0.5, 0.6) is 0 Å². The van der Waals surface area contributed by atoms with Gasteiger partial charge in [-0.15, -0.1) is 11.3 Å². The van der Waals surface area contributed by atoms with Crippen LogP contribution in [-0.2, 0) is 10.0 Å². The predicted octanol–water partition coefficient (Wildman–Crippen LogP) is 3.86. The SMILES string of the molecule is O=S(=O)(Nc1ccc(Br)c2cccnc12)c1cccs1. The Labute approximate surface area is 128 Å². The molecule has 0 saturated heterocycles. The van der Waals surface area contributed by atoms with E-state index in [1.807, 2.05) is 12.1 Å². The van der Waals surface area contributed by atoms with Gasteiger partial charge in [0.1, 0.15) is 4.21 Å². The zero-order chi connectivity index (χ0) is 14.2. The zero-order valence-corrected chi connectivity index (χ0v) is 13.3. The van der Waals surface area contributed by atoms with Crippen molar-refractivity contribution in [2.24, 2.45) is 0 Å². The van der Waals surface area contributed by atoms with Crippen molar-refractivity contribution in [3.63, 3.8) is 0 Å². The van der Waals surface area contributed by atoms with E-state index in [-0.39, 0.29) is 4.21 Å². The number of sulfonamides is 1. The molecule has 2 heterocycles. The lowest BCUT2D eigenvalue weighted by molar-refractivity contribution is 0.603. The number of rotatable bonds is 3. The first-order chi connectivity index (χ1) is 9.58. The van der Waals surface area contributed by atoms with Crippen molar-refractivity contribution in [3.8, 4) is 0 Å². The van der Waals surface area contributed by atoms with E-state index in [0.29, 0.717) is 11.2 Å². The maximum absolute atomic E-state index is 12.3. The molecule has 1 N–H and O–H groups in total. The molecule has 20 heavy (non-hydrogen) atoms. The average Bonchev–Trinajstić information content (AvgIpc) is 2.97. The fourth-order valence-electron chi connectivity index (χ4n) is 1.83. The lowest BCUT2D eigenvalue weighted by atomic mass is 10.2. The summed E-state index contributed by atoms with van der Waals surface area (Å²) in [6.07, 6.45) is 1.64. The number of aromatic nitrogens is 1. The number of thiophene rings is 1. The van der Waals surface area contributed by atoms with E-state index in [4.69, 9.17) is 0 Å². The number of nitrogens with one attached hydrogen (secondary N) is 1. The Hall–Kier alpha value is -1.44. The van der Waals surface area contributed by atoms with Gasteiger partial charge in [-0.3, -0.25) is 9.71 Å². The molecule has 3 rings (SSSR count). The fraction of sp³-hybridized carbons (Fsp3) is 0. The van der Waals surface area contributed by atoms with Crippen LogP contribution in [0, 0.1) is 0 Å². The van der Waals surface area contributed by atoms with Gasteiger partial charge in [0.25, 0.3) is 10.0 Å². The lowest BCUT2D eigenvalue weighted by Gasteiger charge is -2.09. The minimum Gasteiger partial charge on any atom is -0.277 e. The maximum atomic E-state index is 12.3. The van der Waals surface area contributed by atoms with E-state index in [1.54, 1.807) is 35.8 Å². The summed E-state index contributed by atoms with van der Waals surface area (Å²) in [5.74, 6) is 0. The summed E-state index contributed by atoms with van der Waals surface area (Å²) in [5.41, 5.74) is 1.08. The number of fused-ring (bicyclic) bond motifs is 1. The van der Waals surface area contributed by atoms with Crippen molar-refractivity contribution in [1.29, 1.82) is 0 Å². The fourth-order valence-corrected chi connectivity index (χ4v) is 4.34. The maximum Gasteiger partial charge on any atom is 0.271 e. The van der Waals surface area contributed by atoms with Gasteiger partial charge < -0.3 is 0 Å². The molecule has 7 heteroatoms. The Balaban J connectivity index is 2.11. The molecule has 1 aromatic carbocycles. The lowest BCUT2D eigenvalue weighted by Crippen LogP contribution is -2.12. The Morgan fingerprint density at radius 2 is 2.00 bits per heavy atom. The topological polar surface area (TPSA) is 59.1 Å². The van der Waals surface area contributed by atoms with E-state index >= 15 is 0 Å². The van der Waals surface area contributed by atoms with Crippen LogP contribution in [-0.4, -0.2) is 13.4 Å². The summed E-state index contributed by atoms with van der Waals surface area (Å²) in [6.45, 7) is 0. The van der Waals surface area contributed by atoms with Crippen molar-refractivity contribution in [2.45, 2.75) is 4.21 Å². The first kappa shape index (κ1) is 13.5. The predicted molar refractivity (Wildman–Crippen MR) is 84.6 cm³/mol. The van der Waals surface area contributed by atoms with Crippen LogP contribution in [0.2, 0.25) is 0 Å². The highest BCUT2D eigenvalue weighted by molar-refractivity contribution is 9.10. The standard InChI is InChI=1S/C13H9BrN2O2S2/c14-10-5-6-11(13-9(10)3-1-7-15-13)16-20(17,18)12-4-2-8-19-12/h1-8,16H. The van der Waals surface area contributed by atoms with Gasteiger partial charge in [-0.25, -0.2) is 8.42 Å². The second-order valence-electron chi connectivity index (χ2n) is 4.03. The molecule has 0 radical (unpaired) electrons. The van der Waals surface area contributed by atoms with E-state index in [9.17, 15) is 8.42 Å². The van der Waals surface area contributed by atoms with Crippen LogP contribution in [0.4, 0.5) is 5.69 Å². The quantitative estimate of drug-likeness (QED) is 0.763. The van der Waals surface area contributed by atoms with Crippen molar-refractivity contribution in [2.75, 3.05) is 4.72 Å². The van der Waals surface area contributed by atoms with Crippen LogP contribution in [0.15, 0.2) is 56.7 Å². The molecule has 3 aromatic rings. The summed E-state index contributed by atoms with van der Waals surface area (Å²) in [7, 11) is -3.56. The number of pyridine rings is 1. The molecule has 0 fully saturated rings. The number of hydrogen-bond donors (Lipinski definition) is 1. The molecule has 0 bridgehead atoms.